The molecule has 0 aliphatic carbocycles. The molecule has 0 saturated carbocycles. The summed E-state index contributed by atoms with van der Waals surface area (Å²) in [6, 6.07) is 4.02. The van der Waals surface area contributed by atoms with E-state index in [4.69, 9.17) is 17.2 Å². The number of amides is 2. The first-order chi connectivity index (χ1) is 9.14. The summed E-state index contributed by atoms with van der Waals surface area (Å²) in [7, 11) is -4.11. The van der Waals surface area contributed by atoms with Gasteiger partial charge in [0, 0.05) is 10.2 Å². The number of benzene rings is 1. The summed E-state index contributed by atoms with van der Waals surface area (Å²) in [5.41, 5.74) is 15.8. The van der Waals surface area contributed by atoms with E-state index in [0.29, 0.717) is 9.99 Å². The van der Waals surface area contributed by atoms with E-state index in [1.54, 1.807) is 0 Å². The van der Waals surface area contributed by atoms with Crippen LogP contribution in [0.3, 0.4) is 0 Å². The molecule has 0 spiro atoms. The van der Waals surface area contributed by atoms with Gasteiger partial charge in [-0.2, -0.15) is 4.31 Å². The highest BCUT2D eigenvalue weighted by Gasteiger charge is 2.29. The number of nitrogens with zero attached hydrogens (tertiary/aromatic N) is 1. The molecule has 1 aromatic carbocycles. The van der Waals surface area contributed by atoms with E-state index in [2.05, 4.69) is 15.9 Å². The van der Waals surface area contributed by atoms with Gasteiger partial charge in [0.15, 0.2) is 0 Å². The van der Waals surface area contributed by atoms with E-state index in [-0.39, 0.29) is 9.37 Å². The maximum Gasteiger partial charge on any atom is 0.245 e. The summed E-state index contributed by atoms with van der Waals surface area (Å²) in [6.07, 6.45) is 0. The van der Waals surface area contributed by atoms with Crippen molar-refractivity contribution in [3.63, 3.8) is 0 Å². The number of carbonyl (C=O) groups is 2. The van der Waals surface area contributed by atoms with Crippen LogP contribution in [-0.4, -0.2) is 37.6 Å². The topological polar surface area (TPSA) is 150 Å². The quantitative estimate of drug-likeness (QED) is 0.552. The lowest BCUT2D eigenvalue weighted by molar-refractivity contribution is -0.120. The molecule has 0 radical (unpaired) electrons. The van der Waals surface area contributed by atoms with E-state index in [1.807, 2.05) is 0 Å². The van der Waals surface area contributed by atoms with E-state index >= 15 is 0 Å². The van der Waals surface area contributed by atoms with Gasteiger partial charge in [-0.3, -0.25) is 9.59 Å². The summed E-state index contributed by atoms with van der Waals surface area (Å²) in [6.45, 7) is -1.30. The number of rotatable bonds is 6. The second kappa shape index (κ2) is 6.20. The lowest BCUT2D eigenvalue weighted by atomic mass is 10.3. The fraction of sp³-hybridized carbons (Fsp3) is 0.200. The molecule has 10 heteroatoms. The highest BCUT2D eigenvalue weighted by atomic mass is 79.9. The first-order valence-corrected chi connectivity index (χ1v) is 7.49. The molecule has 0 aliphatic heterocycles. The molecule has 0 atom stereocenters. The normalized spacial score (nSPS) is 11.5. The highest BCUT2D eigenvalue weighted by molar-refractivity contribution is 9.10. The number of nitrogen functional groups attached to an aromatic ring is 1. The van der Waals surface area contributed by atoms with Crippen LogP contribution in [0.1, 0.15) is 0 Å². The molecule has 1 aromatic rings. The van der Waals surface area contributed by atoms with Gasteiger partial charge in [0.05, 0.1) is 18.0 Å². The lowest BCUT2D eigenvalue weighted by Gasteiger charge is -2.20. The minimum Gasteiger partial charge on any atom is -0.399 e. The Balaban J connectivity index is 3.28. The Morgan fingerprint density at radius 3 is 2.05 bits per heavy atom. The van der Waals surface area contributed by atoms with E-state index in [0.717, 1.165) is 0 Å². The third kappa shape index (κ3) is 3.92. The summed E-state index contributed by atoms with van der Waals surface area (Å²) < 4.78 is 25.6. The van der Waals surface area contributed by atoms with Crippen LogP contribution in [0.15, 0.2) is 27.6 Å². The van der Waals surface area contributed by atoms with Crippen molar-refractivity contribution in [2.75, 3.05) is 18.8 Å². The van der Waals surface area contributed by atoms with E-state index in [1.165, 1.54) is 18.2 Å². The van der Waals surface area contributed by atoms with Gasteiger partial charge < -0.3 is 17.2 Å². The second-order valence-corrected chi connectivity index (χ2v) is 6.66. The minimum atomic E-state index is -4.11. The zero-order chi connectivity index (χ0) is 15.5. The molecule has 0 fully saturated rings. The van der Waals surface area contributed by atoms with Gasteiger partial charge in [-0.05, 0) is 34.1 Å². The van der Waals surface area contributed by atoms with Crippen molar-refractivity contribution < 1.29 is 18.0 Å². The number of nitrogens with two attached hydrogens (primary N) is 3. The number of halogens is 1. The lowest BCUT2D eigenvalue weighted by Crippen LogP contribution is -2.43. The summed E-state index contributed by atoms with van der Waals surface area (Å²) in [5, 5.41) is 0. The third-order valence-electron chi connectivity index (χ3n) is 2.24. The zero-order valence-corrected chi connectivity index (χ0v) is 12.6. The molecule has 2 amide bonds. The van der Waals surface area contributed by atoms with Crippen LogP contribution in [0.2, 0.25) is 0 Å². The van der Waals surface area contributed by atoms with Crippen LogP contribution in [0.4, 0.5) is 5.69 Å². The molecule has 1 rings (SSSR count). The Bertz CT molecular complexity index is 631. The Morgan fingerprint density at radius 1 is 1.15 bits per heavy atom. The van der Waals surface area contributed by atoms with Crippen LogP contribution in [0.5, 0.6) is 0 Å². The number of hydrogen-bond acceptors (Lipinski definition) is 5. The molecule has 0 unspecified atom stereocenters. The molecule has 0 heterocycles. The Hall–Kier alpha value is -1.65. The predicted octanol–water partition coefficient (Wildman–Crippen LogP) is -1.01. The summed E-state index contributed by atoms with van der Waals surface area (Å²) in [4.78, 5) is 21.7. The Morgan fingerprint density at radius 2 is 1.65 bits per heavy atom. The molecule has 8 nitrogen and oxygen atoms in total. The van der Waals surface area contributed by atoms with Crippen LogP contribution >= 0.6 is 15.9 Å². The molecule has 0 bridgehead atoms. The minimum absolute atomic E-state index is 0.144. The summed E-state index contributed by atoms with van der Waals surface area (Å²) >= 11 is 3.07. The third-order valence-corrected chi connectivity index (χ3v) is 5.01. The number of hydrogen-bond donors (Lipinski definition) is 3. The number of primary amides is 2. The molecular formula is C10H13BrN4O4S. The largest absolute Gasteiger partial charge is 0.399 e. The number of carbonyl (C=O) groups excluding carboxylic acids is 2. The van der Waals surface area contributed by atoms with Crippen molar-refractivity contribution >= 4 is 43.5 Å². The average molecular weight is 365 g/mol. The number of anilines is 1. The molecule has 6 N–H and O–H groups in total. The van der Waals surface area contributed by atoms with Crippen molar-refractivity contribution in [3.05, 3.63) is 22.7 Å². The second-order valence-electron chi connectivity index (χ2n) is 3.90. The predicted molar refractivity (Wildman–Crippen MR) is 75.7 cm³/mol. The van der Waals surface area contributed by atoms with Gasteiger partial charge in [-0.25, -0.2) is 8.42 Å². The maximum atomic E-state index is 12.4. The molecular weight excluding hydrogens is 352 g/mol. The van der Waals surface area contributed by atoms with Crippen LogP contribution in [0.25, 0.3) is 0 Å². The molecule has 0 saturated heterocycles. The van der Waals surface area contributed by atoms with Gasteiger partial charge in [0.1, 0.15) is 0 Å². The zero-order valence-electron chi connectivity index (χ0n) is 10.2. The van der Waals surface area contributed by atoms with Crippen LogP contribution in [0, 0.1) is 0 Å². The van der Waals surface area contributed by atoms with Gasteiger partial charge >= 0.3 is 0 Å². The summed E-state index contributed by atoms with van der Waals surface area (Å²) in [5.74, 6) is -1.80. The Labute approximate surface area is 124 Å². The van der Waals surface area contributed by atoms with Crippen molar-refractivity contribution in [2.45, 2.75) is 4.90 Å². The Kier molecular flexibility index (Phi) is 5.09. The van der Waals surface area contributed by atoms with Crippen LogP contribution in [-0.2, 0) is 19.6 Å². The van der Waals surface area contributed by atoms with Gasteiger partial charge in [0.25, 0.3) is 0 Å². The van der Waals surface area contributed by atoms with E-state index in [9.17, 15) is 18.0 Å². The SMILES string of the molecule is NC(=O)CN(CC(N)=O)S(=O)(=O)c1ccc(N)cc1Br. The van der Waals surface area contributed by atoms with Crippen molar-refractivity contribution in [2.24, 2.45) is 11.5 Å². The smallest absolute Gasteiger partial charge is 0.245 e. The fourth-order valence-corrected chi connectivity index (χ4v) is 3.87. The first-order valence-electron chi connectivity index (χ1n) is 5.26. The van der Waals surface area contributed by atoms with Crippen molar-refractivity contribution in [1.82, 2.24) is 4.31 Å². The van der Waals surface area contributed by atoms with Gasteiger partial charge in [-0.15, -0.1) is 0 Å². The molecule has 0 aromatic heterocycles. The van der Waals surface area contributed by atoms with Crippen LogP contribution < -0.4 is 17.2 Å². The average Bonchev–Trinajstić information content (AvgIpc) is 2.26. The standard InChI is InChI=1S/C10H13BrN4O4S/c11-7-3-6(12)1-2-8(7)20(18,19)15(4-9(13)16)5-10(14)17/h1-3H,4-5,12H2,(H2,13,16)(H2,14,17). The molecule has 0 aliphatic rings. The maximum absolute atomic E-state index is 12.4. The monoisotopic (exact) mass is 364 g/mol. The number of sulfonamides is 1. The van der Waals surface area contributed by atoms with Crippen molar-refractivity contribution in [3.8, 4) is 0 Å². The van der Waals surface area contributed by atoms with Gasteiger partial charge in [-0.1, -0.05) is 0 Å². The van der Waals surface area contributed by atoms with Gasteiger partial charge in [0.2, 0.25) is 21.8 Å². The van der Waals surface area contributed by atoms with E-state index < -0.39 is 34.9 Å². The van der Waals surface area contributed by atoms with Crippen molar-refractivity contribution in [1.29, 1.82) is 0 Å². The first kappa shape index (κ1) is 16.4. The molecule has 110 valence electrons. The fourth-order valence-electron chi connectivity index (χ4n) is 1.44. The molecule has 20 heavy (non-hydrogen) atoms. The highest BCUT2D eigenvalue weighted by Crippen LogP contribution is 2.26.